The van der Waals surface area contributed by atoms with Gasteiger partial charge in [-0.2, -0.15) is 9.40 Å². The third-order valence-corrected chi connectivity index (χ3v) is 7.61. The van der Waals surface area contributed by atoms with E-state index in [-0.39, 0.29) is 10.8 Å². The van der Waals surface area contributed by atoms with Crippen molar-refractivity contribution in [2.45, 2.75) is 44.7 Å². The number of fused-ring (bicyclic) bond motifs is 1. The van der Waals surface area contributed by atoms with Crippen LogP contribution in [0, 0.1) is 13.8 Å². The first-order valence-corrected chi connectivity index (χ1v) is 12.2. The van der Waals surface area contributed by atoms with Crippen LogP contribution in [0.1, 0.15) is 39.3 Å². The molecule has 168 valence electrons. The maximum atomic E-state index is 13.2. The van der Waals surface area contributed by atoms with Crippen LogP contribution in [0.3, 0.4) is 0 Å². The molecular formula is C24H28N4O3S. The van der Waals surface area contributed by atoms with Crippen molar-refractivity contribution in [1.29, 1.82) is 0 Å². The van der Waals surface area contributed by atoms with Crippen LogP contribution in [0.15, 0.2) is 59.5 Å². The fraction of sp³-hybridized carbons (Fsp3) is 0.333. The van der Waals surface area contributed by atoms with E-state index in [4.69, 9.17) is 0 Å². The Bertz CT molecular complexity index is 1230. The Balaban J connectivity index is 1.39. The van der Waals surface area contributed by atoms with E-state index in [1.54, 1.807) is 18.2 Å². The summed E-state index contributed by atoms with van der Waals surface area (Å²) < 4.78 is 29.8. The Morgan fingerprint density at radius 1 is 1.06 bits per heavy atom. The molecule has 1 aliphatic heterocycles. The first kappa shape index (κ1) is 22.2. The molecule has 2 aromatic carbocycles. The van der Waals surface area contributed by atoms with Crippen molar-refractivity contribution in [3.63, 3.8) is 0 Å². The van der Waals surface area contributed by atoms with E-state index in [0.717, 1.165) is 23.4 Å². The number of aromatic nitrogens is 2. The highest BCUT2D eigenvalue weighted by Crippen LogP contribution is 2.25. The van der Waals surface area contributed by atoms with Crippen LogP contribution in [-0.2, 0) is 29.5 Å². The van der Waals surface area contributed by atoms with E-state index in [0.29, 0.717) is 38.2 Å². The van der Waals surface area contributed by atoms with Crippen molar-refractivity contribution in [2.24, 2.45) is 0 Å². The van der Waals surface area contributed by atoms with Crippen molar-refractivity contribution >= 4 is 15.9 Å². The molecule has 3 aromatic rings. The lowest BCUT2D eigenvalue weighted by Gasteiger charge is -2.28. The van der Waals surface area contributed by atoms with E-state index < -0.39 is 10.0 Å². The number of amides is 1. The van der Waals surface area contributed by atoms with Crippen molar-refractivity contribution < 1.29 is 13.2 Å². The zero-order valence-electron chi connectivity index (χ0n) is 18.4. The van der Waals surface area contributed by atoms with Gasteiger partial charge >= 0.3 is 0 Å². The van der Waals surface area contributed by atoms with Crippen LogP contribution in [0.2, 0.25) is 0 Å². The van der Waals surface area contributed by atoms with E-state index in [2.05, 4.69) is 10.4 Å². The molecule has 0 aliphatic carbocycles. The zero-order valence-corrected chi connectivity index (χ0v) is 19.2. The van der Waals surface area contributed by atoms with E-state index in [1.807, 2.05) is 48.9 Å². The Morgan fingerprint density at radius 3 is 2.59 bits per heavy atom. The molecule has 0 radical (unpaired) electrons. The number of carbonyl (C=O) groups excluding carboxylic acids is 1. The minimum absolute atomic E-state index is 0.146. The highest BCUT2D eigenvalue weighted by atomic mass is 32.2. The van der Waals surface area contributed by atoms with Crippen LogP contribution in [0.5, 0.6) is 0 Å². The summed E-state index contributed by atoms with van der Waals surface area (Å²) in [6.45, 7) is 5.94. The lowest BCUT2D eigenvalue weighted by molar-refractivity contribution is 0.0952. The fourth-order valence-electron chi connectivity index (χ4n) is 4.06. The molecule has 1 aromatic heterocycles. The summed E-state index contributed by atoms with van der Waals surface area (Å²) in [5, 5.41) is 7.29. The number of carbonyl (C=O) groups is 1. The molecule has 0 spiro atoms. The smallest absolute Gasteiger partial charge is 0.251 e. The minimum Gasteiger partial charge on any atom is -0.352 e. The maximum absolute atomic E-state index is 13.2. The quantitative estimate of drug-likeness (QED) is 0.559. The van der Waals surface area contributed by atoms with Gasteiger partial charge in [0.15, 0.2) is 0 Å². The SMILES string of the molecule is Cc1cc(C)n(CCCNC(=O)c2cccc(S(=O)(=O)N3CCc4ccccc4C3)c2)n1. The summed E-state index contributed by atoms with van der Waals surface area (Å²) in [6, 6.07) is 16.2. The highest BCUT2D eigenvalue weighted by Gasteiger charge is 2.28. The molecular weight excluding hydrogens is 424 g/mol. The van der Waals surface area contributed by atoms with Crippen LogP contribution >= 0.6 is 0 Å². The second-order valence-electron chi connectivity index (χ2n) is 8.14. The van der Waals surface area contributed by atoms with Gasteiger partial charge in [0, 0.05) is 37.4 Å². The Kier molecular flexibility index (Phi) is 6.43. The second kappa shape index (κ2) is 9.26. The molecule has 0 bridgehead atoms. The number of rotatable bonds is 7. The molecule has 32 heavy (non-hydrogen) atoms. The molecule has 0 fully saturated rings. The molecule has 2 heterocycles. The molecule has 1 aliphatic rings. The predicted octanol–water partition coefficient (Wildman–Crippen LogP) is 3.07. The van der Waals surface area contributed by atoms with Gasteiger partial charge in [0.2, 0.25) is 10.0 Å². The van der Waals surface area contributed by atoms with Crippen LogP contribution in [-0.4, -0.2) is 41.5 Å². The van der Waals surface area contributed by atoms with Gasteiger partial charge in [0.1, 0.15) is 0 Å². The Morgan fingerprint density at radius 2 is 1.84 bits per heavy atom. The zero-order chi connectivity index (χ0) is 22.7. The highest BCUT2D eigenvalue weighted by molar-refractivity contribution is 7.89. The Hall–Kier alpha value is -2.97. The molecule has 4 rings (SSSR count). The molecule has 1 N–H and O–H groups in total. The normalized spacial score (nSPS) is 14.2. The number of hydrogen-bond donors (Lipinski definition) is 1. The first-order valence-electron chi connectivity index (χ1n) is 10.8. The van der Waals surface area contributed by atoms with Gasteiger partial charge in [0.25, 0.3) is 5.91 Å². The molecule has 1 amide bonds. The number of sulfonamides is 1. The third kappa shape index (κ3) is 4.76. The van der Waals surface area contributed by atoms with Crippen LogP contribution in [0.25, 0.3) is 0 Å². The average Bonchev–Trinajstić information content (AvgIpc) is 3.13. The fourth-order valence-corrected chi connectivity index (χ4v) is 5.52. The Labute approximate surface area is 189 Å². The van der Waals surface area contributed by atoms with E-state index >= 15 is 0 Å². The second-order valence-corrected chi connectivity index (χ2v) is 10.1. The molecule has 0 saturated heterocycles. The molecule has 0 saturated carbocycles. The number of nitrogens with one attached hydrogen (secondary N) is 1. The van der Waals surface area contributed by atoms with Crippen LogP contribution < -0.4 is 5.32 Å². The summed E-state index contributed by atoms with van der Waals surface area (Å²) in [5.41, 5.74) is 4.62. The number of hydrogen-bond acceptors (Lipinski definition) is 4. The van der Waals surface area contributed by atoms with Crippen LogP contribution in [0.4, 0.5) is 0 Å². The monoisotopic (exact) mass is 452 g/mol. The standard InChI is InChI=1S/C24H28N4O3S/c1-18-15-19(2)28(26-18)13-6-12-25-24(29)21-9-5-10-23(16-21)32(30,31)27-14-11-20-7-3-4-8-22(20)17-27/h3-5,7-10,15-16H,6,11-14,17H2,1-2H3,(H,25,29). The van der Waals surface area contributed by atoms with Gasteiger partial charge < -0.3 is 5.32 Å². The largest absolute Gasteiger partial charge is 0.352 e. The molecule has 0 atom stereocenters. The van der Waals surface area contributed by atoms with Gasteiger partial charge in [-0.05, 0) is 62.1 Å². The number of aryl methyl sites for hydroxylation is 3. The minimum atomic E-state index is -3.68. The van der Waals surface area contributed by atoms with Crippen molar-refractivity contribution in [3.05, 3.63) is 82.7 Å². The average molecular weight is 453 g/mol. The lowest BCUT2D eigenvalue weighted by Crippen LogP contribution is -2.36. The van der Waals surface area contributed by atoms with Gasteiger partial charge in [-0.15, -0.1) is 0 Å². The van der Waals surface area contributed by atoms with Gasteiger partial charge in [-0.25, -0.2) is 8.42 Å². The number of nitrogens with zero attached hydrogens (tertiary/aromatic N) is 3. The van der Waals surface area contributed by atoms with Gasteiger partial charge in [-0.1, -0.05) is 30.3 Å². The lowest BCUT2D eigenvalue weighted by atomic mass is 10.0. The van der Waals surface area contributed by atoms with E-state index in [9.17, 15) is 13.2 Å². The van der Waals surface area contributed by atoms with Crippen molar-refractivity contribution in [3.8, 4) is 0 Å². The summed E-state index contributed by atoms with van der Waals surface area (Å²) in [6.07, 6.45) is 1.42. The summed E-state index contributed by atoms with van der Waals surface area (Å²) in [4.78, 5) is 12.7. The molecule has 8 heteroatoms. The summed E-state index contributed by atoms with van der Waals surface area (Å²) in [5.74, 6) is -0.278. The summed E-state index contributed by atoms with van der Waals surface area (Å²) in [7, 11) is -3.68. The van der Waals surface area contributed by atoms with Gasteiger partial charge in [0.05, 0.1) is 10.6 Å². The molecule has 0 unspecified atom stereocenters. The summed E-state index contributed by atoms with van der Waals surface area (Å²) >= 11 is 0. The van der Waals surface area contributed by atoms with Crippen molar-refractivity contribution in [1.82, 2.24) is 19.4 Å². The van der Waals surface area contributed by atoms with Crippen molar-refractivity contribution in [2.75, 3.05) is 13.1 Å². The molecule has 7 nitrogen and oxygen atoms in total. The number of benzene rings is 2. The topological polar surface area (TPSA) is 84.3 Å². The third-order valence-electron chi connectivity index (χ3n) is 5.77. The van der Waals surface area contributed by atoms with E-state index in [1.165, 1.54) is 15.9 Å². The maximum Gasteiger partial charge on any atom is 0.251 e. The van der Waals surface area contributed by atoms with Gasteiger partial charge in [-0.3, -0.25) is 9.48 Å². The first-order chi connectivity index (χ1) is 15.3. The predicted molar refractivity (Wildman–Crippen MR) is 123 cm³/mol.